The first-order valence-corrected chi connectivity index (χ1v) is 8.45. The van der Waals surface area contributed by atoms with Gasteiger partial charge >= 0.3 is 5.97 Å². The van der Waals surface area contributed by atoms with Crippen LogP contribution in [0, 0.1) is 10.1 Å². The summed E-state index contributed by atoms with van der Waals surface area (Å²) in [4.78, 5) is 26.7. The minimum Gasteiger partial charge on any atom is -0.497 e. The second kappa shape index (κ2) is 7.75. The molecule has 0 radical (unpaired) electrons. The Morgan fingerprint density at radius 3 is 2.69 bits per heavy atom. The third-order valence-electron chi connectivity index (χ3n) is 3.53. The predicted molar refractivity (Wildman–Crippen MR) is 96.3 cm³/mol. The van der Waals surface area contributed by atoms with Crippen molar-refractivity contribution in [1.82, 2.24) is 4.98 Å². The molecule has 3 aromatic rings. The van der Waals surface area contributed by atoms with Gasteiger partial charge in [-0.05, 0) is 30.3 Å². The summed E-state index contributed by atoms with van der Waals surface area (Å²) in [5.74, 6) is 0.129. The smallest absolute Gasteiger partial charge is 0.338 e. The molecule has 0 saturated carbocycles. The molecule has 0 fully saturated rings. The van der Waals surface area contributed by atoms with Crippen LogP contribution in [0.2, 0.25) is 0 Å². The van der Waals surface area contributed by atoms with Crippen LogP contribution in [0.25, 0.3) is 10.6 Å². The maximum Gasteiger partial charge on any atom is 0.338 e. The Morgan fingerprint density at radius 2 is 2.00 bits per heavy atom. The van der Waals surface area contributed by atoms with Gasteiger partial charge in [0.2, 0.25) is 0 Å². The highest BCUT2D eigenvalue weighted by Crippen LogP contribution is 2.26. The third-order valence-corrected chi connectivity index (χ3v) is 4.47. The average molecular weight is 370 g/mol. The molecule has 0 saturated heterocycles. The fraction of sp³-hybridized carbons (Fsp3) is 0.111. The first-order chi connectivity index (χ1) is 12.6. The number of rotatable bonds is 6. The van der Waals surface area contributed by atoms with Crippen molar-refractivity contribution >= 4 is 23.0 Å². The van der Waals surface area contributed by atoms with Crippen LogP contribution in [-0.2, 0) is 11.3 Å². The van der Waals surface area contributed by atoms with E-state index in [9.17, 15) is 14.9 Å². The van der Waals surface area contributed by atoms with E-state index in [0.717, 1.165) is 16.3 Å². The number of ether oxygens (including phenoxy) is 2. The lowest BCUT2D eigenvalue weighted by atomic mass is 10.2. The third kappa shape index (κ3) is 4.04. The van der Waals surface area contributed by atoms with Gasteiger partial charge in [-0.1, -0.05) is 6.07 Å². The number of thiazole rings is 1. The zero-order chi connectivity index (χ0) is 18.5. The number of methoxy groups -OCH3 is 1. The highest BCUT2D eigenvalue weighted by molar-refractivity contribution is 7.13. The monoisotopic (exact) mass is 370 g/mol. The van der Waals surface area contributed by atoms with E-state index >= 15 is 0 Å². The quantitative estimate of drug-likeness (QED) is 0.369. The first-order valence-electron chi connectivity index (χ1n) is 7.57. The predicted octanol–water partition coefficient (Wildman–Crippen LogP) is 4.08. The van der Waals surface area contributed by atoms with E-state index in [1.807, 2.05) is 24.3 Å². The summed E-state index contributed by atoms with van der Waals surface area (Å²) in [6.07, 6.45) is 0. The second-order valence-corrected chi connectivity index (χ2v) is 6.11. The van der Waals surface area contributed by atoms with Gasteiger partial charge in [0.1, 0.15) is 17.4 Å². The van der Waals surface area contributed by atoms with Crippen molar-refractivity contribution in [3.63, 3.8) is 0 Å². The summed E-state index contributed by atoms with van der Waals surface area (Å²) >= 11 is 1.44. The number of carbonyl (C=O) groups excluding carboxylic acids is 1. The van der Waals surface area contributed by atoms with Crippen LogP contribution < -0.4 is 4.74 Å². The van der Waals surface area contributed by atoms with E-state index < -0.39 is 10.9 Å². The van der Waals surface area contributed by atoms with Gasteiger partial charge in [0, 0.05) is 23.1 Å². The lowest BCUT2D eigenvalue weighted by Gasteiger charge is -2.03. The van der Waals surface area contributed by atoms with Gasteiger partial charge in [0.25, 0.3) is 5.69 Å². The molecule has 132 valence electrons. The van der Waals surface area contributed by atoms with Crippen LogP contribution in [0.15, 0.2) is 53.9 Å². The number of aromatic nitrogens is 1. The standard InChI is InChI=1S/C18H14N2O5S/c1-24-16-7-5-12(6-8-16)17-19-14(11-26-17)10-25-18(21)13-3-2-4-15(9-13)20(22)23/h2-9,11H,10H2,1H3. The molecule has 0 unspecified atom stereocenters. The van der Waals surface area contributed by atoms with Crippen LogP contribution >= 0.6 is 11.3 Å². The van der Waals surface area contributed by atoms with Crippen molar-refractivity contribution in [3.8, 4) is 16.3 Å². The second-order valence-electron chi connectivity index (χ2n) is 5.26. The lowest BCUT2D eigenvalue weighted by Crippen LogP contribution is -2.06. The van der Waals surface area contributed by atoms with Crippen LogP contribution in [-0.4, -0.2) is 23.0 Å². The highest BCUT2D eigenvalue weighted by atomic mass is 32.1. The number of benzene rings is 2. The fourth-order valence-electron chi connectivity index (χ4n) is 2.21. The molecule has 8 heteroatoms. The molecule has 0 aliphatic rings. The Bertz CT molecular complexity index is 937. The highest BCUT2D eigenvalue weighted by Gasteiger charge is 2.13. The van der Waals surface area contributed by atoms with Crippen molar-refractivity contribution in [2.24, 2.45) is 0 Å². The van der Waals surface area contributed by atoms with Crippen molar-refractivity contribution in [2.75, 3.05) is 7.11 Å². The van der Waals surface area contributed by atoms with Crippen molar-refractivity contribution < 1.29 is 19.2 Å². The number of nitro benzene ring substituents is 1. The van der Waals surface area contributed by atoms with Crippen molar-refractivity contribution in [3.05, 3.63) is 75.3 Å². The molecule has 0 aliphatic heterocycles. The molecule has 2 aromatic carbocycles. The largest absolute Gasteiger partial charge is 0.497 e. The van der Waals surface area contributed by atoms with Crippen molar-refractivity contribution in [1.29, 1.82) is 0 Å². The Morgan fingerprint density at radius 1 is 1.23 bits per heavy atom. The molecule has 0 amide bonds. The Hall–Kier alpha value is -3.26. The maximum absolute atomic E-state index is 12.1. The number of nitro groups is 1. The summed E-state index contributed by atoms with van der Waals surface area (Å²) in [5, 5.41) is 13.4. The van der Waals surface area contributed by atoms with Gasteiger partial charge in [-0.2, -0.15) is 0 Å². The molecular weight excluding hydrogens is 356 g/mol. The van der Waals surface area contributed by atoms with Gasteiger partial charge in [0.05, 0.1) is 23.3 Å². The molecule has 1 heterocycles. The summed E-state index contributed by atoms with van der Waals surface area (Å²) < 4.78 is 10.3. The molecular formula is C18H14N2O5S. The molecule has 1 aromatic heterocycles. The topological polar surface area (TPSA) is 91.6 Å². The zero-order valence-electron chi connectivity index (χ0n) is 13.7. The Kier molecular flexibility index (Phi) is 5.23. The van der Waals surface area contributed by atoms with Gasteiger partial charge in [0.15, 0.2) is 0 Å². The van der Waals surface area contributed by atoms with Gasteiger partial charge in [-0.25, -0.2) is 9.78 Å². The number of carbonyl (C=O) groups is 1. The minimum absolute atomic E-state index is 0.00577. The lowest BCUT2D eigenvalue weighted by molar-refractivity contribution is -0.384. The zero-order valence-corrected chi connectivity index (χ0v) is 14.6. The molecule has 0 N–H and O–H groups in total. The summed E-state index contributed by atoms with van der Waals surface area (Å²) in [6, 6.07) is 12.9. The molecule has 0 aliphatic carbocycles. The summed E-state index contributed by atoms with van der Waals surface area (Å²) in [6.45, 7) is -0.00577. The van der Waals surface area contributed by atoms with E-state index in [2.05, 4.69) is 4.98 Å². The van der Waals surface area contributed by atoms with Crippen LogP contribution in [0.5, 0.6) is 5.75 Å². The summed E-state index contributed by atoms with van der Waals surface area (Å²) in [7, 11) is 1.60. The van der Waals surface area contributed by atoms with Gasteiger partial charge < -0.3 is 9.47 Å². The fourth-order valence-corrected chi connectivity index (χ4v) is 3.02. The number of hydrogen-bond donors (Lipinski definition) is 0. The van der Waals surface area contributed by atoms with Gasteiger partial charge in [-0.15, -0.1) is 11.3 Å². The van der Waals surface area contributed by atoms with E-state index in [1.165, 1.54) is 35.6 Å². The number of non-ortho nitro benzene ring substituents is 1. The van der Waals surface area contributed by atoms with E-state index in [-0.39, 0.29) is 17.9 Å². The first kappa shape index (κ1) is 17.6. The molecule has 7 nitrogen and oxygen atoms in total. The molecule has 3 rings (SSSR count). The van der Waals surface area contributed by atoms with E-state index in [0.29, 0.717) is 5.69 Å². The molecule has 0 spiro atoms. The normalized spacial score (nSPS) is 10.3. The SMILES string of the molecule is COc1ccc(-c2nc(COC(=O)c3cccc([N+](=O)[O-])c3)cs2)cc1. The number of nitrogens with zero attached hydrogens (tertiary/aromatic N) is 2. The molecule has 26 heavy (non-hydrogen) atoms. The van der Waals surface area contributed by atoms with Crippen molar-refractivity contribution in [2.45, 2.75) is 6.61 Å². The van der Waals surface area contributed by atoms with Crippen LogP contribution in [0.1, 0.15) is 16.1 Å². The molecule has 0 atom stereocenters. The van der Waals surface area contributed by atoms with Gasteiger partial charge in [-0.3, -0.25) is 10.1 Å². The number of hydrogen-bond acceptors (Lipinski definition) is 7. The van der Waals surface area contributed by atoms with E-state index in [4.69, 9.17) is 9.47 Å². The Balaban J connectivity index is 1.65. The summed E-state index contributed by atoms with van der Waals surface area (Å²) in [5.41, 5.74) is 1.52. The van der Waals surface area contributed by atoms with Crippen LogP contribution in [0.4, 0.5) is 5.69 Å². The van der Waals surface area contributed by atoms with Crippen LogP contribution in [0.3, 0.4) is 0 Å². The Labute approximate surface area is 153 Å². The minimum atomic E-state index is -0.632. The number of esters is 1. The average Bonchev–Trinajstić information content (AvgIpc) is 3.15. The van der Waals surface area contributed by atoms with E-state index in [1.54, 1.807) is 12.5 Å². The maximum atomic E-state index is 12.1. The molecule has 0 bridgehead atoms.